The van der Waals surface area contributed by atoms with Crippen molar-refractivity contribution in [2.24, 2.45) is 17.7 Å². The standard InChI is InChI=1S/C14H23N5O/c1-8-5-9(2)11(4)19(7-8)13(20)12-6-10(3)16-14(17-12)18-15/h6,8-9,11H,5,7,15H2,1-4H3,(H,16,17,18). The fraction of sp³-hybridized carbons (Fsp3) is 0.643. The number of amides is 1. The van der Waals surface area contributed by atoms with Gasteiger partial charge in [-0.2, -0.15) is 0 Å². The molecule has 1 aromatic rings. The van der Waals surface area contributed by atoms with Crippen molar-refractivity contribution in [3.8, 4) is 0 Å². The molecule has 0 bridgehead atoms. The van der Waals surface area contributed by atoms with Crippen LogP contribution in [0.4, 0.5) is 5.95 Å². The van der Waals surface area contributed by atoms with Crippen LogP contribution in [-0.4, -0.2) is 33.4 Å². The first-order valence-corrected chi connectivity index (χ1v) is 7.05. The van der Waals surface area contributed by atoms with E-state index in [-0.39, 0.29) is 17.9 Å². The van der Waals surface area contributed by atoms with Gasteiger partial charge in [-0.3, -0.25) is 10.2 Å². The van der Waals surface area contributed by atoms with Gasteiger partial charge in [0, 0.05) is 18.3 Å². The molecule has 3 unspecified atom stereocenters. The SMILES string of the molecule is Cc1cc(C(=O)N2CC(C)CC(C)C2C)nc(NN)n1. The second-order valence-corrected chi connectivity index (χ2v) is 5.88. The largest absolute Gasteiger partial charge is 0.334 e. The lowest BCUT2D eigenvalue weighted by Gasteiger charge is -2.41. The number of nitrogen functional groups attached to an aromatic ring is 1. The van der Waals surface area contributed by atoms with Crippen LogP contribution in [0.15, 0.2) is 6.07 Å². The van der Waals surface area contributed by atoms with Crippen molar-refractivity contribution in [1.29, 1.82) is 0 Å². The molecule has 2 rings (SSSR count). The molecule has 20 heavy (non-hydrogen) atoms. The van der Waals surface area contributed by atoms with Gasteiger partial charge in [0.2, 0.25) is 5.95 Å². The van der Waals surface area contributed by atoms with E-state index in [9.17, 15) is 4.79 Å². The van der Waals surface area contributed by atoms with Crippen LogP contribution in [0.3, 0.4) is 0 Å². The van der Waals surface area contributed by atoms with Crippen LogP contribution in [-0.2, 0) is 0 Å². The number of carbonyl (C=O) groups excluding carboxylic acids is 1. The molecule has 1 saturated heterocycles. The predicted molar refractivity (Wildman–Crippen MR) is 78.0 cm³/mol. The van der Waals surface area contributed by atoms with Gasteiger partial charge in [0.1, 0.15) is 5.69 Å². The number of anilines is 1. The summed E-state index contributed by atoms with van der Waals surface area (Å²) in [6.45, 7) is 9.08. The Bertz CT molecular complexity index is 504. The van der Waals surface area contributed by atoms with Gasteiger partial charge >= 0.3 is 0 Å². The normalized spacial score (nSPS) is 26.4. The summed E-state index contributed by atoms with van der Waals surface area (Å²) in [6, 6.07) is 1.93. The Labute approximate surface area is 119 Å². The van der Waals surface area contributed by atoms with Gasteiger partial charge in [0.15, 0.2) is 0 Å². The van der Waals surface area contributed by atoms with Crippen LogP contribution >= 0.6 is 0 Å². The van der Waals surface area contributed by atoms with Gasteiger partial charge in [0.25, 0.3) is 5.91 Å². The highest BCUT2D eigenvalue weighted by Crippen LogP contribution is 2.28. The molecule has 3 N–H and O–H groups in total. The molecule has 1 amide bonds. The van der Waals surface area contributed by atoms with Crippen molar-refractivity contribution >= 4 is 11.9 Å². The minimum absolute atomic E-state index is 0.0436. The highest BCUT2D eigenvalue weighted by atomic mass is 16.2. The summed E-state index contributed by atoms with van der Waals surface area (Å²) in [7, 11) is 0. The van der Waals surface area contributed by atoms with E-state index >= 15 is 0 Å². The van der Waals surface area contributed by atoms with Crippen molar-refractivity contribution in [1.82, 2.24) is 14.9 Å². The Morgan fingerprint density at radius 2 is 2.10 bits per heavy atom. The van der Waals surface area contributed by atoms with Gasteiger partial charge in [0.05, 0.1) is 0 Å². The van der Waals surface area contributed by atoms with E-state index in [1.54, 1.807) is 6.07 Å². The zero-order chi connectivity index (χ0) is 14.9. The average molecular weight is 277 g/mol. The predicted octanol–water partition coefficient (Wildman–Crippen LogP) is 1.58. The maximum absolute atomic E-state index is 12.7. The first-order chi connectivity index (χ1) is 9.42. The number of nitrogens with zero attached hydrogens (tertiary/aromatic N) is 3. The maximum Gasteiger partial charge on any atom is 0.272 e. The summed E-state index contributed by atoms with van der Waals surface area (Å²) in [5, 5.41) is 0. The van der Waals surface area contributed by atoms with Gasteiger partial charge in [-0.05, 0) is 38.2 Å². The molecule has 1 fully saturated rings. The van der Waals surface area contributed by atoms with Crippen molar-refractivity contribution in [3.63, 3.8) is 0 Å². The third kappa shape index (κ3) is 2.90. The van der Waals surface area contributed by atoms with Crippen molar-refractivity contribution in [3.05, 3.63) is 17.5 Å². The van der Waals surface area contributed by atoms with E-state index in [0.717, 1.165) is 18.7 Å². The number of aryl methyl sites for hydroxylation is 1. The minimum Gasteiger partial charge on any atom is -0.334 e. The number of likely N-dealkylation sites (tertiary alicyclic amines) is 1. The Balaban J connectivity index is 2.28. The molecule has 0 radical (unpaired) electrons. The molecule has 1 aromatic heterocycles. The number of piperidine rings is 1. The minimum atomic E-state index is -0.0436. The number of nitrogens with one attached hydrogen (secondary N) is 1. The number of carbonyl (C=O) groups is 1. The van der Waals surface area contributed by atoms with E-state index in [2.05, 4.69) is 36.2 Å². The van der Waals surface area contributed by atoms with Crippen LogP contribution in [0.25, 0.3) is 0 Å². The number of rotatable bonds is 2. The molecule has 6 nitrogen and oxygen atoms in total. The maximum atomic E-state index is 12.7. The Morgan fingerprint density at radius 3 is 2.75 bits per heavy atom. The topological polar surface area (TPSA) is 84.1 Å². The number of hydrazine groups is 1. The van der Waals surface area contributed by atoms with Crippen molar-refractivity contribution in [2.75, 3.05) is 12.0 Å². The zero-order valence-electron chi connectivity index (χ0n) is 12.6. The molecule has 3 atom stereocenters. The van der Waals surface area contributed by atoms with Crippen LogP contribution in [0.1, 0.15) is 43.4 Å². The lowest BCUT2D eigenvalue weighted by atomic mass is 9.86. The third-order valence-electron chi connectivity index (χ3n) is 4.06. The van der Waals surface area contributed by atoms with E-state index in [4.69, 9.17) is 5.84 Å². The summed E-state index contributed by atoms with van der Waals surface area (Å²) in [4.78, 5) is 22.9. The molecule has 0 aromatic carbocycles. The average Bonchev–Trinajstić information content (AvgIpc) is 2.41. The molecule has 110 valence electrons. The fourth-order valence-electron chi connectivity index (χ4n) is 2.87. The Hall–Kier alpha value is -1.69. The van der Waals surface area contributed by atoms with E-state index < -0.39 is 0 Å². The molecular formula is C14H23N5O. The van der Waals surface area contributed by atoms with E-state index in [0.29, 0.717) is 17.5 Å². The molecule has 0 aliphatic carbocycles. The second kappa shape index (κ2) is 5.75. The molecule has 0 saturated carbocycles. The van der Waals surface area contributed by atoms with Crippen LogP contribution in [0.5, 0.6) is 0 Å². The van der Waals surface area contributed by atoms with E-state index in [1.807, 2.05) is 11.8 Å². The highest BCUT2D eigenvalue weighted by molar-refractivity contribution is 5.93. The van der Waals surface area contributed by atoms with Crippen LogP contribution < -0.4 is 11.3 Å². The lowest BCUT2D eigenvalue weighted by molar-refractivity contribution is 0.0450. The molecular weight excluding hydrogens is 254 g/mol. The first kappa shape index (κ1) is 14.7. The molecule has 0 spiro atoms. The smallest absolute Gasteiger partial charge is 0.272 e. The lowest BCUT2D eigenvalue weighted by Crippen LogP contribution is -2.49. The highest BCUT2D eigenvalue weighted by Gasteiger charge is 2.33. The number of aromatic nitrogens is 2. The van der Waals surface area contributed by atoms with Gasteiger partial charge < -0.3 is 4.90 Å². The van der Waals surface area contributed by atoms with Gasteiger partial charge in [-0.15, -0.1) is 0 Å². The van der Waals surface area contributed by atoms with Crippen molar-refractivity contribution in [2.45, 2.75) is 40.2 Å². The summed E-state index contributed by atoms with van der Waals surface area (Å²) in [5.41, 5.74) is 3.53. The summed E-state index contributed by atoms with van der Waals surface area (Å²) in [6.07, 6.45) is 1.16. The van der Waals surface area contributed by atoms with Crippen LogP contribution in [0, 0.1) is 18.8 Å². The number of hydrogen-bond acceptors (Lipinski definition) is 5. The summed E-state index contributed by atoms with van der Waals surface area (Å²) in [5.74, 6) is 6.58. The Morgan fingerprint density at radius 1 is 1.40 bits per heavy atom. The molecule has 1 aliphatic heterocycles. The van der Waals surface area contributed by atoms with Gasteiger partial charge in [-0.1, -0.05) is 13.8 Å². The van der Waals surface area contributed by atoms with Crippen molar-refractivity contribution < 1.29 is 4.79 Å². The second-order valence-electron chi connectivity index (χ2n) is 5.88. The molecule has 2 heterocycles. The molecule has 1 aliphatic rings. The third-order valence-corrected chi connectivity index (χ3v) is 4.06. The first-order valence-electron chi connectivity index (χ1n) is 7.05. The number of hydrogen-bond donors (Lipinski definition) is 2. The fourth-order valence-corrected chi connectivity index (χ4v) is 2.87. The van der Waals surface area contributed by atoms with Crippen LogP contribution in [0.2, 0.25) is 0 Å². The van der Waals surface area contributed by atoms with E-state index in [1.165, 1.54) is 0 Å². The summed E-state index contributed by atoms with van der Waals surface area (Å²) < 4.78 is 0. The quantitative estimate of drug-likeness (QED) is 0.633. The van der Waals surface area contributed by atoms with Gasteiger partial charge in [-0.25, -0.2) is 15.8 Å². The Kier molecular flexibility index (Phi) is 4.23. The summed E-state index contributed by atoms with van der Waals surface area (Å²) >= 11 is 0. The monoisotopic (exact) mass is 277 g/mol. The zero-order valence-corrected chi connectivity index (χ0v) is 12.6. The molecule has 6 heteroatoms. The number of nitrogens with two attached hydrogens (primary N) is 1.